The van der Waals surface area contributed by atoms with Gasteiger partial charge in [0.1, 0.15) is 0 Å². The first kappa shape index (κ1) is 19.0. The van der Waals surface area contributed by atoms with Crippen molar-refractivity contribution in [1.29, 1.82) is 0 Å². The van der Waals surface area contributed by atoms with Crippen LogP contribution in [0.4, 0.5) is 5.69 Å². The quantitative estimate of drug-likeness (QED) is 0.595. The van der Waals surface area contributed by atoms with Gasteiger partial charge in [0.05, 0.1) is 5.69 Å². The SMILES string of the molecule is CCC(=O)N1CCc2cc(-c3ccc(C(=O)CCc4cccnn4)cc3)ccc21. The standard InChI is InChI=1S/C24H23N3O2/c1-2-24(29)27-15-13-20-16-19(9-11-22(20)27)17-5-7-18(8-6-17)23(28)12-10-21-4-3-14-25-26-21/h3-9,11,14,16H,2,10,12-13,15H2,1H3. The minimum absolute atomic E-state index is 0.102. The average molecular weight is 385 g/mol. The lowest BCUT2D eigenvalue weighted by Gasteiger charge is -2.16. The van der Waals surface area contributed by atoms with E-state index >= 15 is 0 Å². The van der Waals surface area contributed by atoms with Crippen LogP contribution >= 0.6 is 0 Å². The number of nitrogens with zero attached hydrogens (tertiary/aromatic N) is 3. The number of benzene rings is 2. The predicted octanol–water partition coefficient (Wildman–Crippen LogP) is 4.26. The second-order valence-electron chi connectivity index (χ2n) is 7.21. The lowest BCUT2D eigenvalue weighted by atomic mass is 9.98. The Morgan fingerprint density at radius 1 is 1.03 bits per heavy atom. The largest absolute Gasteiger partial charge is 0.312 e. The van der Waals surface area contributed by atoms with Crippen LogP contribution in [0.25, 0.3) is 11.1 Å². The lowest BCUT2D eigenvalue weighted by Crippen LogP contribution is -2.27. The van der Waals surface area contributed by atoms with Crippen molar-refractivity contribution in [3.05, 3.63) is 77.6 Å². The van der Waals surface area contributed by atoms with Crippen molar-refractivity contribution in [2.45, 2.75) is 32.6 Å². The maximum atomic E-state index is 12.5. The lowest BCUT2D eigenvalue weighted by molar-refractivity contribution is -0.118. The summed E-state index contributed by atoms with van der Waals surface area (Å²) in [5, 5.41) is 7.86. The van der Waals surface area contributed by atoms with Crippen LogP contribution in [-0.4, -0.2) is 28.4 Å². The molecule has 0 saturated heterocycles. The summed E-state index contributed by atoms with van der Waals surface area (Å²) in [5.74, 6) is 0.269. The highest BCUT2D eigenvalue weighted by molar-refractivity contribution is 5.97. The first-order valence-electron chi connectivity index (χ1n) is 9.99. The molecule has 29 heavy (non-hydrogen) atoms. The molecule has 0 atom stereocenters. The summed E-state index contributed by atoms with van der Waals surface area (Å²) < 4.78 is 0. The van der Waals surface area contributed by atoms with Gasteiger partial charge in [-0.25, -0.2) is 0 Å². The van der Waals surface area contributed by atoms with Crippen LogP contribution < -0.4 is 4.90 Å². The zero-order chi connectivity index (χ0) is 20.2. The third-order valence-electron chi connectivity index (χ3n) is 5.35. The molecule has 4 rings (SSSR count). The molecular weight excluding hydrogens is 362 g/mol. The number of hydrogen-bond acceptors (Lipinski definition) is 4. The number of anilines is 1. The molecule has 0 bridgehead atoms. The Balaban J connectivity index is 1.45. The zero-order valence-electron chi connectivity index (χ0n) is 16.5. The number of carbonyl (C=O) groups is 2. The smallest absolute Gasteiger partial charge is 0.226 e. The van der Waals surface area contributed by atoms with E-state index in [1.54, 1.807) is 6.20 Å². The molecule has 0 unspecified atom stereocenters. The molecule has 5 heteroatoms. The maximum absolute atomic E-state index is 12.5. The minimum Gasteiger partial charge on any atom is -0.312 e. The average Bonchev–Trinajstić information content (AvgIpc) is 3.21. The van der Waals surface area contributed by atoms with Crippen molar-refractivity contribution in [1.82, 2.24) is 10.2 Å². The summed E-state index contributed by atoms with van der Waals surface area (Å²) in [5.41, 5.74) is 5.93. The Bertz CT molecular complexity index is 1030. The number of carbonyl (C=O) groups excluding carboxylic acids is 2. The van der Waals surface area contributed by atoms with E-state index in [1.165, 1.54) is 5.56 Å². The molecule has 3 aromatic rings. The topological polar surface area (TPSA) is 63.2 Å². The second kappa shape index (κ2) is 8.35. The molecule has 0 saturated carbocycles. The number of ketones is 1. The van der Waals surface area contributed by atoms with Gasteiger partial charge in [0, 0.05) is 36.8 Å². The summed E-state index contributed by atoms with van der Waals surface area (Å²) in [6, 6.07) is 17.7. The summed E-state index contributed by atoms with van der Waals surface area (Å²) in [6.45, 7) is 2.65. The molecule has 1 aliphatic heterocycles. The van der Waals surface area contributed by atoms with Crippen LogP contribution in [0, 0.1) is 0 Å². The van der Waals surface area contributed by atoms with E-state index < -0.39 is 0 Å². The van der Waals surface area contributed by atoms with E-state index in [0.717, 1.165) is 35.5 Å². The van der Waals surface area contributed by atoms with Gasteiger partial charge >= 0.3 is 0 Å². The molecule has 0 N–H and O–H groups in total. The highest BCUT2D eigenvalue weighted by atomic mass is 16.2. The van der Waals surface area contributed by atoms with Crippen molar-refractivity contribution >= 4 is 17.4 Å². The number of amides is 1. The third-order valence-corrected chi connectivity index (χ3v) is 5.35. The number of aromatic nitrogens is 2. The fraction of sp³-hybridized carbons (Fsp3) is 0.250. The Morgan fingerprint density at radius 3 is 2.55 bits per heavy atom. The van der Waals surface area contributed by atoms with Crippen molar-refractivity contribution in [2.24, 2.45) is 0 Å². The molecule has 0 fully saturated rings. The summed E-state index contributed by atoms with van der Waals surface area (Å²) >= 11 is 0. The zero-order valence-corrected chi connectivity index (χ0v) is 16.5. The van der Waals surface area contributed by atoms with Crippen molar-refractivity contribution < 1.29 is 9.59 Å². The van der Waals surface area contributed by atoms with Gasteiger partial charge in [-0.3, -0.25) is 9.59 Å². The Labute approximate surface area is 170 Å². The Kier molecular flexibility index (Phi) is 5.47. The highest BCUT2D eigenvalue weighted by Gasteiger charge is 2.23. The molecule has 146 valence electrons. The van der Waals surface area contributed by atoms with Crippen molar-refractivity contribution in [2.75, 3.05) is 11.4 Å². The van der Waals surface area contributed by atoms with E-state index in [1.807, 2.05) is 60.4 Å². The number of Topliss-reactive ketones (excluding diaryl/α,β-unsaturated/α-hetero) is 1. The van der Waals surface area contributed by atoms with E-state index in [-0.39, 0.29) is 11.7 Å². The number of fused-ring (bicyclic) bond motifs is 1. The van der Waals surface area contributed by atoms with Gasteiger partial charge in [-0.05, 0) is 53.8 Å². The maximum Gasteiger partial charge on any atom is 0.226 e. The number of aryl methyl sites for hydroxylation is 1. The van der Waals surface area contributed by atoms with E-state index in [0.29, 0.717) is 24.8 Å². The van der Waals surface area contributed by atoms with Crippen LogP contribution in [0.1, 0.15) is 41.4 Å². The van der Waals surface area contributed by atoms with E-state index in [2.05, 4.69) is 16.3 Å². The molecule has 1 aromatic heterocycles. The van der Waals surface area contributed by atoms with Crippen LogP contribution in [-0.2, 0) is 17.6 Å². The minimum atomic E-state index is 0.102. The fourth-order valence-electron chi connectivity index (χ4n) is 3.73. The van der Waals surface area contributed by atoms with Crippen LogP contribution in [0.3, 0.4) is 0 Å². The molecule has 0 spiro atoms. The number of rotatable bonds is 6. The first-order chi connectivity index (χ1) is 14.2. The van der Waals surface area contributed by atoms with Gasteiger partial charge in [0.15, 0.2) is 5.78 Å². The second-order valence-corrected chi connectivity index (χ2v) is 7.21. The monoisotopic (exact) mass is 385 g/mol. The molecule has 0 radical (unpaired) electrons. The normalized spacial score (nSPS) is 12.7. The van der Waals surface area contributed by atoms with Crippen LogP contribution in [0.15, 0.2) is 60.8 Å². The van der Waals surface area contributed by atoms with E-state index in [4.69, 9.17) is 0 Å². The van der Waals surface area contributed by atoms with Gasteiger partial charge < -0.3 is 4.90 Å². The molecule has 0 aliphatic carbocycles. The molecule has 1 amide bonds. The molecular formula is C24H23N3O2. The summed E-state index contributed by atoms with van der Waals surface area (Å²) in [7, 11) is 0. The van der Waals surface area contributed by atoms with Crippen molar-refractivity contribution in [3.63, 3.8) is 0 Å². The van der Waals surface area contributed by atoms with Gasteiger partial charge in [0.25, 0.3) is 0 Å². The summed E-state index contributed by atoms with van der Waals surface area (Å²) in [4.78, 5) is 26.4. The predicted molar refractivity (Wildman–Crippen MR) is 113 cm³/mol. The highest BCUT2D eigenvalue weighted by Crippen LogP contribution is 2.32. The fourth-order valence-corrected chi connectivity index (χ4v) is 3.73. The van der Waals surface area contributed by atoms with Crippen molar-refractivity contribution in [3.8, 4) is 11.1 Å². The molecule has 2 aromatic carbocycles. The Hall–Kier alpha value is -3.34. The van der Waals surface area contributed by atoms with Gasteiger partial charge in [-0.2, -0.15) is 10.2 Å². The van der Waals surface area contributed by atoms with Crippen LogP contribution in [0.2, 0.25) is 0 Å². The summed E-state index contributed by atoms with van der Waals surface area (Å²) in [6.07, 6.45) is 4.04. The first-order valence-corrected chi connectivity index (χ1v) is 9.99. The number of hydrogen-bond donors (Lipinski definition) is 0. The van der Waals surface area contributed by atoms with Gasteiger partial charge in [-0.1, -0.05) is 37.3 Å². The molecule has 5 nitrogen and oxygen atoms in total. The third kappa shape index (κ3) is 4.09. The van der Waals surface area contributed by atoms with E-state index in [9.17, 15) is 9.59 Å². The molecule has 2 heterocycles. The molecule has 1 aliphatic rings. The van der Waals surface area contributed by atoms with Gasteiger partial charge in [0.2, 0.25) is 5.91 Å². The van der Waals surface area contributed by atoms with Gasteiger partial charge in [-0.15, -0.1) is 0 Å². The van der Waals surface area contributed by atoms with Crippen LogP contribution in [0.5, 0.6) is 0 Å². The Morgan fingerprint density at radius 2 is 1.83 bits per heavy atom.